The molecule has 0 fully saturated rings. The van der Waals surface area contributed by atoms with E-state index in [1.165, 1.54) is 10.6 Å². The van der Waals surface area contributed by atoms with Gasteiger partial charge in [-0.05, 0) is 44.5 Å². The van der Waals surface area contributed by atoms with Crippen LogP contribution in [0, 0.1) is 0 Å². The van der Waals surface area contributed by atoms with Gasteiger partial charge in [-0.25, -0.2) is 4.79 Å². The molecule has 0 aliphatic heterocycles. The molecule has 2 aromatic rings. The zero-order valence-electron chi connectivity index (χ0n) is 17.4. The molecule has 0 spiro atoms. The molecule has 162 valence electrons. The SMILES string of the molecule is CCOC(=O)/C=c1\s/c(=C/c2cc(Br)ccc2OC)c(=O)n1CC(=O)NC(C)CC. The summed E-state index contributed by atoms with van der Waals surface area (Å²) in [6.07, 6.45) is 3.69. The molecule has 1 N–H and O–H groups in total. The Labute approximate surface area is 187 Å². The van der Waals surface area contributed by atoms with Gasteiger partial charge in [0.25, 0.3) is 5.56 Å². The molecule has 7 nitrogen and oxygen atoms in total. The highest BCUT2D eigenvalue weighted by molar-refractivity contribution is 9.10. The van der Waals surface area contributed by atoms with E-state index in [-0.39, 0.29) is 30.7 Å². The van der Waals surface area contributed by atoms with Crippen molar-refractivity contribution in [1.29, 1.82) is 0 Å². The van der Waals surface area contributed by atoms with E-state index >= 15 is 0 Å². The van der Waals surface area contributed by atoms with E-state index in [2.05, 4.69) is 21.2 Å². The first-order valence-electron chi connectivity index (χ1n) is 9.51. The van der Waals surface area contributed by atoms with E-state index in [0.29, 0.717) is 20.5 Å². The van der Waals surface area contributed by atoms with Gasteiger partial charge in [-0.3, -0.25) is 14.2 Å². The molecule has 1 atom stereocenters. The number of halogens is 1. The van der Waals surface area contributed by atoms with Crippen molar-refractivity contribution in [3.05, 3.63) is 47.8 Å². The van der Waals surface area contributed by atoms with Crippen molar-refractivity contribution >= 4 is 51.3 Å². The van der Waals surface area contributed by atoms with E-state index < -0.39 is 5.97 Å². The lowest BCUT2D eigenvalue weighted by atomic mass is 10.2. The monoisotopic (exact) mass is 496 g/mol. The van der Waals surface area contributed by atoms with Crippen LogP contribution in [0.4, 0.5) is 0 Å². The highest BCUT2D eigenvalue weighted by Crippen LogP contribution is 2.23. The van der Waals surface area contributed by atoms with Crippen LogP contribution in [0.15, 0.2) is 27.5 Å². The maximum atomic E-state index is 13.0. The largest absolute Gasteiger partial charge is 0.496 e. The smallest absolute Gasteiger partial charge is 0.333 e. The fraction of sp³-hybridized carbons (Fsp3) is 0.381. The molecule has 0 saturated heterocycles. The number of carbonyl (C=O) groups is 2. The molecule has 0 bridgehead atoms. The minimum atomic E-state index is -0.568. The molecule has 1 aromatic heterocycles. The van der Waals surface area contributed by atoms with E-state index in [1.54, 1.807) is 26.2 Å². The molecule has 1 aromatic carbocycles. The van der Waals surface area contributed by atoms with Gasteiger partial charge in [0, 0.05) is 16.1 Å². The highest BCUT2D eigenvalue weighted by atomic mass is 79.9. The van der Waals surface area contributed by atoms with Gasteiger partial charge in [0.2, 0.25) is 5.91 Å². The van der Waals surface area contributed by atoms with Crippen LogP contribution in [0.1, 0.15) is 32.8 Å². The van der Waals surface area contributed by atoms with E-state index in [1.807, 2.05) is 26.0 Å². The first-order chi connectivity index (χ1) is 14.3. The molecule has 9 heteroatoms. The van der Waals surface area contributed by atoms with Gasteiger partial charge in [0.05, 0.1) is 24.3 Å². The number of benzene rings is 1. The summed E-state index contributed by atoms with van der Waals surface area (Å²) in [5.74, 6) is -0.265. The molecular formula is C21H25BrN2O5S. The first-order valence-corrected chi connectivity index (χ1v) is 11.1. The summed E-state index contributed by atoms with van der Waals surface area (Å²) in [5.41, 5.74) is 0.334. The quantitative estimate of drug-likeness (QED) is 0.562. The number of hydrogen-bond acceptors (Lipinski definition) is 6. The third-order valence-electron chi connectivity index (χ3n) is 4.26. The fourth-order valence-corrected chi connectivity index (χ4v) is 4.00. The van der Waals surface area contributed by atoms with Crippen LogP contribution < -0.4 is 24.8 Å². The normalized spacial score (nSPS) is 13.2. The average molecular weight is 497 g/mol. The van der Waals surface area contributed by atoms with E-state index in [0.717, 1.165) is 22.2 Å². The number of aromatic nitrogens is 1. The lowest BCUT2D eigenvalue weighted by Crippen LogP contribution is -2.41. The summed E-state index contributed by atoms with van der Waals surface area (Å²) >= 11 is 4.53. The molecule has 0 radical (unpaired) electrons. The summed E-state index contributed by atoms with van der Waals surface area (Å²) in [6.45, 7) is 5.58. The number of ether oxygens (including phenoxy) is 2. The van der Waals surface area contributed by atoms with Gasteiger partial charge in [0.15, 0.2) is 0 Å². The number of methoxy groups -OCH3 is 1. The molecule has 30 heavy (non-hydrogen) atoms. The van der Waals surface area contributed by atoms with Crippen molar-refractivity contribution in [1.82, 2.24) is 9.88 Å². The van der Waals surface area contributed by atoms with Crippen LogP contribution in [0.3, 0.4) is 0 Å². The first kappa shape index (κ1) is 23.9. The Morgan fingerprint density at radius 1 is 1.33 bits per heavy atom. The van der Waals surface area contributed by atoms with Gasteiger partial charge in [-0.15, -0.1) is 11.3 Å². The van der Waals surface area contributed by atoms with Crippen LogP contribution in [-0.2, 0) is 20.9 Å². The third-order valence-corrected chi connectivity index (χ3v) is 5.82. The minimum Gasteiger partial charge on any atom is -0.496 e. The highest BCUT2D eigenvalue weighted by Gasteiger charge is 2.13. The number of hydrogen-bond donors (Lipinski definition) is 1. The molecule has 1 heterocycles. The number of thiazole rings is 1. The van der Waals surface area contributed by atoms with E-state index in [4.69, 9.17) is 9.47 Å². The molecular weight excluding hydrogens is 472 g/mol. The maximum absolute atomic E-state index is 13.0. The number of rotatable bonds is 8. The Bertz CT molecular complexity index is 1090. The predicted molar refractivity (Wildman–Crippen MR) is 121 cm³/mol. The number of nitrogens with one attached hydrogen (secondary N) is 1. The number of amides is 1. The summed E-state index contributed by atoms with van der Waals surface area (Å²) in [7, 11) is 1.55. The summed E-state index contributed by atoms with van der Waals surface area (Å²) in [4.78, 5) is 37.4. The summed E-state index contributed by atoms with van der Waals surface area (Å²) < 4.78 is 13.2. The zero-order chi connectivity index (χ0) is 22.3. The standard InChI is InChI=1S/C21H25BrN2O5S/c1-5-13(3)23-18(25)12-24-19(11-20(26)29-6-2)30-17(21(24)27)10-14-9-15(22)7-8-16(14)28-4/h7-11,13H,5-6,12H2,1-4H3,(H,23,25)/b17-10+,19-11-. The molecule has 0 aliphatic carbocycles. The topological polar surface area (TPSA) is 86.6 Å². The zero-order valence-corrected chi connectivity index (χ0v) is 19.8. The Kier molecular flexibility index (Phi) is 8.86. The predicted octanol–water partition coefficient (Wildman–Crippen LogP) is 1.77. The second kappa shape index (κ2) is 11.1. The second-order valence-corrected chi connectivity index (χ2v) is 8.48. The summed E-state index contributed by atoms with van der Waals surface area (Å²) in [5, 5.41) is 2.84. The van der Waals surface area contributed by atoms with Crippen LogP contribution in [0.25, 0.3) is 12.2 Å². The van der Waals surface area contributed by atoms with Gasteiger partial charge < -0.3 is 14.8 Å². The number of carbonyl (C=O) groups excluding carboxylic acids is 2. The molecule has 2 rings (SSSR count). The minimum absolute atomic E-state index is 0.0127. The number of nitrogens with zero attached hydrogens (tertiary/aromatic N) is 1. The molecule has 1 unspecified atom stereocenters. The van der Waals surface area contributed by atoms with Crippen LogP contribution in [-0.4, -0.2) is 36.2 Å². The van der Waals surface area contributed by atoms with E-state index in [9.17, 15) is 14.4 Å². The second-order valence-electron chi connectivity index (χ2n) is 6.50. The van der Waals surface area contributed by atoms with Crippen molar-refractivity contribution in [3.63, 3.8) is 0 Å². The maximum Gasteiger partial charge on any atom is 0.333 e. The van der Waals surface area contributed by atoms with Crippen molar-refractivity contribution in [2.24, 2.45) is 0 Å². The van der Waals surface area contributed by atoms with Crippen molar-refractivity contribution < 1.29 is 19.1 Å². The lowest BCUT2D eigenvalue weighted by Gasteiger charge is -2.11. The van der Waals surface area contributed by atoms with Crippen LogP contribution in [0.2, 0.25) is 0 Å². The molecule has 1 amide bonds. The Balaban J connectivity index is 2.60. The molecule has 0 saturated carbocycles. The van der Waals surface area contributed by atoms with Gasteiger partial charge >= 0.3 is 5.97 Å². The van der Waals surface area contributed by atoms with Gasteiger partial charge in [0.1, 0.15) is 17.0 Å². The average Bonchev–Trinajstić information content (AvgIpc) is 2.96. The third kappa shape index (κ3) is 6.30. The van der Waals surface area contributed by atoms with Crippen molar-refractivity contribution in [3.8, 4) is 5.75 Å². The fourth-order valence-electron chi connectivity index (χ4n) is 2.60. The lowest BCUT2D eigenvalue weighted by molar-refractivity contribution is -0.135. The van der Waals surface area contributed by atoms with Crippen LogP contribution in [0.5, 0.6) is 5.75 Å². The van der Waals surface area contributed by atoms with Crippen molar-refractivity contribution in [2.45, 2.75) is 39.8 Å². The van der Waals surface area contributed by atoms with Crippen molar-refractivity contribution in [2.75, 3.05) is 13.7 Å². The van der Waals surface area contributed by atoms with Gasteiger partial charge in [-0.1, -0.05) is 22.9 Å². The number of esters is 1. The van der Waals surface area contributed by atoms with Gasteiger partial charge in [-0.2, -0.15) is 0 Å². The van der Waals surface area contributed by atoms with Crippen LogP contribution >= 0.6 is 27.3 Å². The Morgan fingerprint density at radius 3 is 2.70 bits per heavy atom. The Morgan fingerprint density at radius 2 is 2.07 bits per heavy atom. The Hall–Kier alpha value is -2.39. The summed E-state index contributed by atoms with van der Waals surface area (Å²) in [6, 6.07) is 5.43. The molecule has 0 aliphatic rings.